The molecule has 11 N–H and O–H groups in total. The summed E-state index contributed by atoms with van der Waals surface area (Å²) in [5, 5.41) is 27.3. The maximum Gasteiger partial charge on any atom is 0.326 e. The van der Waals surface area contributed by atoms with Crippen LogP contribution in [0.2, 0.25) is 0 Å². The Morgan fingerprint density at radius 2 is 1.13 bits per heavy atom. The molecule has 13 nitrogen and oxygen atoms in total. The Bertz CT molecular complexity index is 1460. The number of hydrogen-bond donors (Lipinski definition) is 8. The molecule has 4 unspecified atom stereocenters. The molecular weight excluding hydrogens is 590 g/mol. The number of hydrogen-bond acceptors (Lipinski definition) is 7. The van der Waals surface area contributed by atoms with E-state index in [0.29, 0.717) is 17.5 Å². The molecular formula is C33H41N7O6. The number of nitrogens with zero attached hydrogens (tertiary/aromatic N) is 1. The van der Waals surface area contributed by atoms with Crippen molar-refractivity contribution in [1.29, 1.82) is 0 Å². The second-order valence-electron chi connectivity index (χ2n) is 10.8. The molecule has 244 valence electrons. The zero-order valence-corrected chi connectivity index (χ0v) is 25.3. The normalized spacial score (nSPS) is 13.3. The van der Waals surface area contributed by atoms with Crippen LogP contribution in [0.15, 0.2) is 89.9 Å². The third kappa shape index (κ3) is 11.9. The number of rotatable bonds is 17. The number of carbonyl (C=O) groups is 4. The highest BCUT2D eigenvalue weighted by Gasteiger charge is 2.30. The van der Waals surface area contributed by atoms with Crippen molar-refractivity contribution in [3.63, 3.8) is 0 Å². The minimum Gasteiger partial charge on any atom is -0.508 e. The molecule has 3 amide bonds. The molecule has 0 saturated heterocycles. The van der Waals surface area contributed by atoms with Crippen molar-refractivity contribution in [2.45, 2.75) is 56.3 Å². The predicted octanol–water partition coefficient (Wildman–Crippen LogP) is 0.340. The molecule has 0 aromatic heterocycles. The molecule has 0 aliphatic rings. The smallest absolute Gasteiger partial charge is 0.326 e. The molecule has 4 atom stereocenters. The van der Waals surface area contributed by atoms with Crippen LogP contribution in [-0.4, -0.2) is 70.6 Å². The lowest BCUT2D eigenvalue weighted by atomic mass is 10.0. The number of phenols is 1. The molecule has 0 spiro atoms. The highest BCUT2D eigenvalue weighted by atomic mass is 16.4. The molecule has 46 heavy (non-hydrogen) atoms. The van der Waals surface area contributed by atoms with E-state index >= 15 is 0 Å². The number of carboxylic acids is 1. The first kappa shape index (κ1) is 35.1. The van der Waals surface area contributed by atoms with Crippen molar-refractivity contribution in [3.8, 4) is 5.75 Å². The van der Waals surface area contributed by atoms with Crippen LogP contribution in [0, 0.1) is 0 Å². The van der Waals surface area contributed by atoms with Gasteiger partial charge in [0.25, 0.3) is 0 Å². The van der Waals surface area contributed by atoms with Crippen LogP contribution in [0.3, 0.4) is 0 Å². The molecule has 0 aliphatic carbocycles. The van der Waals surface area contributed by atoms with Gasteiger partial charge in [-0.1, -0.05) is 72.8 Å². The molecule has 3 rings (SSSR count). The number of carboxylic acid groups (broad SMARTS) is 1. The van der Waals surface area contributed by atoms with Crippen molar-refractivity contribution >= 4 is 29.7 Å². The number of amides is 3. The monoisotopic (exact) mass is 631 g/mol. The van der Waals surface area contributed by atoms with Gasteiger partial charge in [0.15, 0.2) is 5.96 Å². The van der Waals surface area contributed by atoms with E-state index in [9.17, 15) is 29.4 Å². The summed E-state index contributed by atoms with van der Waals surface area (Å²) in [6.07, 6.45) is 0.687. The number of phenolic OH excluding ortho intramolecular Hbond substituents is 1. The van der Waals surface area contributed by atoms with Gasteiger partial charge in [0, 0.05) is 19.4 Å². The first-order chi connectivity index (χ1) is 22.0. The van der Waals surface area contributed by atoms with Gasteiger partial charge >= 0.3 is 5.97 Å². The Labute approximate surface area is 267 Å². The van der Waals surface area contributed by atoms with Gasteiger partial charge in [-0.2, -0.15) is 0 Å². The maximum atomic E-state index is 13.7. The summed E-state index contributed by atoms with van der Waals surface area (Å²) in [5.41, 5.74) is 19.1. The van der Waals surface area contributed by atoms with Crippen LogP contribution in [0.4, 0.5) is 0 Å². The lowest BCUT2D eigenvalue weighted by molar-refractivity contribution is -0.142. The van der Waals surface area contributed by atoms with Gasteiger partial charge in [-0.15, -0.1) is 0 Å². The number of carbonyl (C=O) groups excluding carboxylic acids is 3. The molecule has 0 heterocycles. The zero-order chi connectivity index (χ0) is 33.5. The van der Waals surface area contributed by atoms with Crippen molar-refractivity contribution < 1.29 is 29.4 Å². The van der Waals surface area contributed by atoms with Gasteiger partial charge in [-0.3, -0.25) is 19.4 Å². The fourth-order valence-corrected chi connectivity index (χ4v) is 4.68. The molecule has 0 bridgehead atoms. The predicted molar refractivity (Wildman–Crippen MR) is 173 cm³/mol. The highest BCUT2D eigenvalue weighted by Crippen LogP contribution is 2.13. The minimum absolute atomic E-state index is 0.0197. The van der Waals surface area contributed by atoms with Gasteiger partial charge in [-0.05, 0) is 48.1 Å². The summed E-state index contributed by atoms with van der Waals surface area (Å²) in [6.45, 7) is 0.198. The van der Waals surface area contributed by atoms with Crippen LogP contribution in [0.5, 0.6) is 5.75 Å². The zero-order valence-electron chi connectivity index (χ0n) is 25.3. The van der Waals surface area contributed by atoms with E-state index in [1.54, 1.807) is 42.5 Å². The van der Waals surface area contributed by atoms with Crippen molar-refractivity contribution in [2.75, 3.05) is 6.54 Å². The van der Waals surface area contributed by atoms with E-state index in [0.717, 1.165) is 5.56 Å². The topological polar surface area (TPSA) is 235 Å². The summed E-state index contributed by atoms with van der Waals surface area (Å²) in [4.78, 5) is 56.3. The first-order valence-electron chi connectivity index (χ1n) is 14.8. The van der Waals surface area contributed by atoms with Gasteiger partial charge in [0.05, 0.1) is 6.04 Å². The van der Waals surface area contributed by atoms with Crippen LogP contribution < -0.4 is 33.2 Å². The SMILES string of the molecule is NC(N)=NCCCC(NC(=O)C(N)Cc1ccccc1)C(=O)NC(Cc1ccccc1)C(=O)NC(Cc1ccc(O)cc1)C(=O)O. The Kier molecular flexibility index (Phi) is 13.5. The number of nitrogens with one attached hydrogen (secondary N) is 3. The standard InChI is InChI=1S/C33H41N7O6/c34-25(18-21-8-3-1-4-9-21)29(42)38-26(12-7-17-37-33(35)36)30(43)39-27(19-22-10-5-2-6-11-22)31(44)40-28(32(45)46)20-23-13-15-24(41)16-14-23/h1-6,8-11,13-16,25-28,41H,7,12,17-20,34H2,(H,38,42)(H,39,43)(H,40,44)(H,45,46)(H4,35,36,37). The second kappa shape index (κ2) is 17.8. The molecule has 3 aromatic rings. The molecule has 3 aromatic carbocycles. The summed E-state index contributed by atoms with van der Waals surface area (Å²) in [6, 6.07) is 19.5. The van der Waals surface area contributed by atoms with E-state index in [1.807, 2.05) is 30.3 Å². The van der Waals surface area contributed by atoms with Gasteiger partial charge in [0.2, 0.25) is 17.7 Å². The van der Waals surface area contributed by atoms with Crippen LogP contribution in [0.1, 0.15) is 29.5 Å². The van der Waals surface area contributed by atoms with E-state index in [2.05, 4.69) is 20.9 Å². The number of aromatic hydroxyl groups is 1. The second-order valence-corrected chi connectivity index (χ2v) is 10.8. The van der Waals surface area contributed by atoms with E-state index in [-0.39, 0.29) is 43.9 Å². The summed E-state index contributed by atoms with van der Waals surface area (Å²) in [5.74, 6) is -3.32. The van der Waals surface area contributed by atoms with Gasteiger partial charge < -0.3 is 43.4 Å². The third-order valence-corrected chi connectivity index (χ3v) is 7.12. The molecule has 13 heteroatoms. The Morgan fingerprint density at radius 3 is 1.70 bits per heavy atom. The number of guanidine groups is 1. The fourth-order valence-electron chi connectivity index (χ4n) is 4.68. The van der Waals surface area contributed by atoms with Gasteiger partial charge in [-0.25, -0.2) is 4.79 Å². The lowest BCUT2D eigenvalue weighted by Crippen LogP contribution is -2.58. The number of aliphatic carboxylic acids is 1. The van der Waals surface area contributed by atoms with Crippen molar-refractivity contribution in [1.82, 2.24) is 16.0 Å². The fraction of sp³-hybridized carbons (Fsp3) is 0.303. The molecule has 0 saturated carbocycles. The minimum atomic E-state index is -1.32. The third-order valence-electron chi connectivity index (χ3n) is 7.12. The average Bonchev–Trinajstić information content (AvgIpc) is 3.03. The summed E-state index contributed by atoms with van der Waals surface area (Å²) in [7, 11) is 0. The quantitative estimate of drug-likeness (QED) is 0.0582. The molecule has 0 aliphatic heterocycles. The summed E-state index contributed by atoms with van der Waals surface area (Å²) >= 11 is 0. The summed E-state index contributed by atoms with van der Waals surface area (Å²) < 4.78 is 0. The Morgan fingerprint density at radius 1 is 0.652 bits per heavy atom. The van der Waals surface area contributed by atoms with Crippen LogP contribution in [0.25, 0.3) is 0 Å². The van der Waals surface area contributed by atoms with Crippen LogP contribution in [-0.2, 0) is 38.4 Å². The number of benzene rings is 3. The molecule has 0 radical (unpaired) electrons. The van der Waals surface area contributed by atoms with Crippen molar-refractivity contribution in [3.05, 3.63) is 102 Å². The average molecular weight is 632 g/mol. The largest absolute Gasteiger partial charge is 0.508 e. The highest BCUT2D eigenvalue weighted by molar-refractivity contribution is 5.94. The Balaban J connectivity index is 1.79. The van der Waals surface area contributed by atoms with Gasteiger partial charge in [0.1, 0.15) is 23.9 Å². The van der Waals surface area contributed by atoms with Crippen molar-refractivity contribution in [2.24, 2.45) is 22.2 Å². The Hall–Kier alpha value is -5.43. The van der Waals surface area contributed by atoms with Crippen LogP contribution >= 0.6 is 0 Å². The van der Waals surface area contributed by atoms with E-state index in [1.165, 1.54) is 12.1 Å². The molecule has 0 fully saturated rings. The lowest BCUT2D eigenvalue weighted by Gasteiger charge is -2.25. The first-order valence-corrected chi connectivity index (χ1v) is 14.8. The van der Waals surface area contributed by atoms with E-state index < -0.39 is 47.9 Å². The number of aliphatic imine (C=N–C) groups is 1. The van der Waals surface area contributed by atoms with E-state index in [4.69, 9.17) is 17.2 Å². The number of nitrogens with two attached hydrogens (primary N) is 3. The maximum absolute atomic E-state index is 13.7.